The van der Waals surface area contributed by atoms with E-state index in [-0.39, 0.29) is 16.9 Å². The summed E-state index contributed by atoms with van der Waals surface area (Å²) < 4.78 is 5.56. The molecule has 0 heterocycles. The molecule has 0 fully saturated rings. The Morgan fingerprint density at radius 1 is 0.879 bits per heavy atom. The van der Waals surface area contributed by atoms with Crippen LogP contribution in [0.5, 0.6) is 5.75 Å². The Hall–Kier alpha value is -3.71. The van der Waals surface area contributed by atoms with Crippen molar-refractivity contribution in [1.29, 1.82) is 0 Å². The third-order valence-electron chi connectivity index (χ3n) is 4.71. The fourth-order valence-corrected chi connectivity index (χ4v) is 3.26. The van der Waals surface area contributed by atoms with Crippen molar-refractivity contribution in [2.75, 3.05) is 17.2 Å². The normalized spacial score (nSPS) is 10.2. The number of nitrogens with one attached hydrogen (secondary N) is 3. The van der Waals surface area contributed by atoms with Crippen molar-refractivity contribution in [3.63, 3.8) is 0 Å². The molecule has 3 aromatic rings. The molecule has 0 bridgehead atoms. The Kier molecular flexibility index (Phi) is 8.97. The van der Waals surface area contributed by atoms with Crippen molar-refractivity contribution < 1.29 is 14.3 Å². The number of anilines is 2. The van der Waals surface area contributed by atoms with Gasteiger partial charge in [0.1, 0.15) is 5.75 Å². The number of aryl methyl sites for hydroxylation is 1. The van der Waals surface area contributed by atoms with Gasteiger partial charge in [-0.25, -0.2) is 0 Å². The minimum atomic E-state index is -0.322. The van der Waals surface area contributed by atoms with Crippen LogP contribution in [0.3, 0.4) is 0 Å². The highest BCUT2D eigenvalue weighted by molar-refractivity contribution is 7.80. The molecule has 0 atom stereocenters. The molecule has 0 aliphatic carbocycles. The summed E-state index contributed by atoms with van der Waals surface area (Å²) in [7, 11) is 0. The summed E-state index contributed by atoms with van der Waals surface area (Å²) in [6.45, 7) is 2.61. The highest BCUT2D eigenvalue weighted by Gasteiger charge is 2.10. The van der Waals surface area contributed by atoms with Crippen LogP contribution < -0.4 is 20.7 Å². The molecule has 6 nitrogen and oxygen atoms in total. The van der Waals surface area contributed by atoms with Gasteiger partial charge in [0.05, 0.1) is 6.61 Å². The van der Waals surface area contributed by atoms with Gasteiger partial charge in [0.25, 0.3) is 5.91 Å². The standard InChI is InChI=1S/C26H27N3O3S/c1-2-17-32-23-10-6-9-20(18-23)25(31)29-26(33)28-22-14-12-21(13-15-22)27-24(30)16-11-19-7-4-3-5-8-19/h3-10,12-15,18H,2,11,16-17H2,1H3,(H,27,30)(H2,28,29,31,33). The van der Waals surface area contributed by atoms with Gasteiger partial charge in [0.2, 0.25) is 5.91 Å². The SMILES string of the molecule is CCCOc1cccc(C(=O)NC(=S)Nc2ccc(NC(=O)CCc3ccccc3)cc2)c1. The van der Waals surface area contributed by atoms with E-state index in [1.54, 1.807) is 42.5 Å². The molecule has 170 valence electrons. The fourth-order valence-electron chi connectivity index (χ4n) is 3.05. The van der Waals surface area contributed by atoms with Crippen molar-refractivity contribution in [3.05, 3.63) is 90.0 Å². The molecule has 0 radical (unpaired) electrons. The summed E-state index contributed by atoms with van der Waals surface area (Å²) in [5.41, 5.74) is 2.98. The van der Waals surface area contributed by atoms with Crippen molar-refractivity contribution in [1.82, 2.24) is 5.32 Å². The lowest BCUT2D eigenvalue weighted by atomic mass is 10.1. The number of carbonyl (C=O) groups is 2. The zero-order valence-corrected chi connectivity index (χ0v) is 19.3. The van der Waals surface area contributed by atoms with Crippen LogP contribution in [-0.2, 0) is 11.2 Å². The van der Waals surface area contributed by atoms with Gasteiger partial charge < -0.3 is 15.4 Å². The third kappa shape index (κ3) is 8.05. The van der Waals surface area contributed by atoms with E-state index < -0.39 is 0 Å². The smallest absolute Gasteiger partial charge is 0.257 e. The molecule has 0 aliphatic rings. The minimum Gasteiger partial charge on any atom is -0.494 e. The number of ether oxygens (including phenoxy) is 1. The Balaban J connectivity index is 1.46. The number of benzene rings is 3. The van der Waals surface area contributed by atoms with Gasteiger partial charge in [-0.1, -0.05) is 43.3 Å². The van der Waals surface area contributed by atoms with Gasteiger partial charge in [0, 0.05) is 23.4 Å². The fraction of sp³-hybridized carbons (Fsp3) is 0.192. The van der Waals surface area contributed by atoms with Gasteiger partial charge in [-0.15, -0.1) is 0 Å². The molecule has 0 aliphatic heterocycles. The van der Waals surface area contributed by atoms with Gasteiger partial charge in [-0.2, -0.15) is 0 Å². The molecule has 0 aromatic heterocycles. The topological polar surface area (TPSA) is 79.5 Å². The molecule has 7 heteroatoms. The van der Waals surface area contributed by atoms with E-state index in [0.717, 1.165) is 12.0 Å². The molecule has 0 saturated carbocycles. The van der Waals surface area contributed by atoms with E-state index in [1.165, 1.54) is 0 Å². The molecular formula is C26H27N3O3S. The Morgan fingerprint density at radius 2 is 1.58 bits per heavy atom. The number of hydrogen-bond donors (Lipinski definition) is 3. The first-order valence-corrected chi connectivity index (χ1v) is 11.2. The van der Waals surface area contributed by atoms with Gasteiger partial charge in [-0.05, 0) is 73.1 Å². The summed E-state index contributed by atoms with van der Waals surface area (Å²) in [5.74, 6) is 0.272. The molecule has 0 unspecified atom stereocenters. The molecule has 33 heavy (non-hydrogen) atoms. The largest absolute Gasteiger partial charge is 0.494 e. The lowest BCUT2D eigenvalue weighted by Crippen LogP contribution is -2.34. The first-order chi connectivity index (χ1) is 16.0. The monoisotopic (exact) mass is 461 g/mol. The average molecular weight is 462 g/mol. The van der Waals surface area contributed by atoms with E-state index in [1.807, 2.05) is 43.3 Å². The average Bonchev–Trinajstić information content (AvgIpc) is 2.83. The van der Waals surface area contributed by atoms with E-state index in [9.17, 15) is 9.59 Å². The molecule has 0 saturated heterocycles. The Bertz CT molecular complexity index is 1090. The first-order valence-electron chi connectivity index (χ1n) is 10.8. The van der Waals surface area contributed by atoms with Crippen LogP contribution in [0.1, 0.15) is 35.7 Å². The van der Waals surface area contributed by atoms with Gasteiger partial charge >= 0.3 is 0 Å². The summed E-state index contributed by atoms with van der Waals surface area (Å²) >= 11 is 5.25. The highest BCUT2D eigenvalue weighted by Crippen LogP contribution is 2.16. The van der Waals surface area contributed by atoms with Crippen LogP contribution >= 0.6 is 12.2 Å². The minimum absolute atomic E-state index is 0.0486. The molecular weight excluding hydrogens is 434 g/mol. The van der Waals surface area contributed by atoms with E-state index in [0.29, 0.717) is 42.1 Å². The Morgan fingerprint density at radius 3 is 2.27 bits per heavy atom. The second-order valence-electron chi connectivity index (χ2n) is 7.40. The van der Waals surface area contributed by atoms with Crippen molar-refractivity contribution in [2.45, 2.75) is 26.2 Å². The van der Waals surface area contributed by atoms with E-state index >= 15 is 0 Å². The molecule has 0 spiro atoms. The second kappa shape index (κ2) is 12.4. The van der Waals surface area contributed by atoms with Crippen LogP contribution in [0.25, 0.3) is 0 Å². The van der Waals surface area contributed by atoms with Gasteiger partial charge in [0.15, 0.2) is 5.11 Å². The van der Waals surface area contributed by atoms with Gasteiger partial charge in [-0.3, -0.25) is 14.9 Å². The first kappa shape index (κ1) is 23.9. The summed E-state index contributed by atoms with van der Waals surface area (Å²) in [6, 6.07) is 24.0. The van der Waals surface area contributed by atoms with E-state index in [4.69, 9.17) is 17.0 Å². The van der Waals surface area contributed by atoms with Crippen molar-refractivity contribution in [2.24, 2.45) is 0 Å². The second-order valence-corrected chi connectivity index (χ2v) is 7.80. The van der Waals surface area contributed by atoms with Crippen molar-refractivity contribution >= 4 is 40.5 Å². The maximum Gasteiger partial charge on any atom is 0.257 e. The number of rotatable bonds is 9. The summed E-state index contributed by atoms with van der Waals surface area (Å²) in [5, 5.41) is 8.70. The van der Waals surface area contributed by atoms with Crippen molar-refractivity contribution in [3.8, 4) is 5.75 Å². The maximum atomic E-state index is 12.5. The number of thiocarbonyl (C=S) groups is 1. The molecule has 3 N–H and O–H groups in total. The maximum absolute atomic E-state index is 12.5. The van der Waals surface area contributed by atoms with E-state index in [2.05, 4.69) is 16.0 Å². The number of amides is 2. The lowest BCUT2D eigenvalue weighted by Gasteiger charge is -2.11. The summed E-state index contributed by atoms with van der Waals surface area (Å²) in [4.78, 5) is 24.7. The van der Waals surface area contributed by atoms with Crippen LogP contribution in [0.15, 0.2) is 78.9 Å². The number of carbonyl (C=O) groups excluding carboxylic acids is 2. The third-order valence-corrected chi connectivity index (χ3v) is 4.91. The molecule has 3 rings (SSSR count). The molecule has 2 amide bonds. The number of hydrogen-bond acceptors (Lipinski definition) is 4. The zero-order chi connectivity index (χ0) is 23.5. The van der Waals surface area contributed by atoms with Crippen LogP contribution in [0.4, 0.5) is 11.4 Å². The predicted octanol–water partition coefficient (Wildman–Crippen LogP) is 5.17. The molecule has 3 aromatic carbocycles. The lowest BCUT2D eigenvalue weighted by molar-refractivity contribution is -0.116. The van der Waals surface area contributed by atoms with Crippen LogP contribution in [0, 0.1) is 0 Å². The summed E-state index contributed by atoms with van der Waals surface area (Å²) in [6.07, 6.45) is 1.99. The quantitative estimate of drug-likeness (QED) is 0.383. The van der Waals surface area contributed by atoms with Crippen LogP contribution in [-0.4, -0.2) is 23.5 Å². The zero-order valence-electron chi connectivity index (χ0n) is 18.5. The highest BCUT2D eigenvalue weighted by atomic mass is 32.1. The predicted molar refractivity (Wildman–Crippen MR) is 136 cm³/mol. The van der Waals surface area contributed by atoms with Crippen LogP contribution in [0.2, 0.25) is 0 Å². The Labute approximate surface area is 199 Å².